The van der Waals surface area contributed by atoms with Crippen molar-refractivity contribution in [1.29, 1.82) is 0 Å². The van der Waals surface area contributed by atoms with Gasteiger partial charge in [0.15, 0.2) is 0 Å². The minimum absolute atomic E-state index is 0.143. The fraction of sp³-hybridized carbons (Fsp3) is 0.933. The molecular formula is C15H29BN2O2. The van der Waals surface area contributed by atoms with E-state index in [2.05, 4.69) is 24.7 Å². The number of carbonyl (C=O) groups is 1. The second-order valence-electron chi connectivity index (χ2n) is 6.70. The molecule has 3 atom stereocenters. The van der Waals surface area contributed by atoms with Gasteiger partial charge in [-0.3, -0.25) is 4.79 Å². The van der Waals surface area contributed by atoms with E-state index >= 15 is 0 Å². The van der Waals surface area contributed by atoms with E-state index in [-0.39, 0.29) is 5.92 Å². The van der Waals surface area contributed by atoms with Crippen molar-refractivity contribution in [2.45, 2.75) is 44.5 Å². The van der Waals surface area contributed by atoms with Crippen molar-refractivity contribution in [3.8, 4) is 0 Å². The van der Waals surface area contributed by atoms with Gasteiger partial charge in [0.25, 0.3) is 0 Å². The largest absolute Gasteiger partial charge is 0.481 e. The van der Waals surface area contributed by atoms with Crippen LogP contribution in [-0.2, 0) is 4.79 Å². The van der Waals surface area contributed by atoms with Crippen molar-refractivity contribution in [3.05, 3.63) is 0 Å². The van der Waals surface area contributed by atoms with Gasteiger partial charge in [-0.1, -0.05) is 19.2 Å². The van der Waals surface area contributed by atoms with E-state index in [0.29, 0.717) is 12.0 Å². The molecule has 0 saturated carbocycles. The molecule has 0 aromatic carbocycles. The number of carboxylic acids is 1. The Morgan fingerprint density at radius 1 is 1.35 bits per heavy atom. The Bertz CT molecular complexity index is 327. The summed E-state index contributed by atoms with van der Waals surface area (Å²) in [6.45, 7) is 4.00. The zero-order valence-corrected chi connectivity index (χ0v) is 13.1. The summed E-state index contributed by atoms with van der Waals surface area (Å²) in [5, 5.41) is 9.42. The Morgan fingerprint density at radius 2 is 2.15 bits per heavy atom. The van der Waals surface area contributed by atoms with Crippen LogP contribution in [0.25, 0.3) is 0 Å². The van der Waals surface area contributed by atoms with Crippen LogP contribution in [0.4, 0.5) is 0 Å². The normalized spacial score (nSPS) is 32.5. The lowest BCUT2D eigenvalue weighted by atomic mass is 9.88. The standard InChI is InChI=1S/C15H29BN2O2/c1-17-8-3-2-6-13(17)10-18-9-12(5-4-7-16)14(11-18)15(19)20/h12-14H,2-11,16H2,1H3,(H,19,20)/t12-,13?,14+/m0/s1. The van der Waals surface area contributed by atoms with E-state index in [4.69, 9.17) is 0 Å². The average molecular weight is 280 g/mol. The number of carboxylic acid groups (broad SMARTS) is 1. The minimum Gasteiger partial charge on any atom is -0.481 e. The third kappa shape index (κ3) is 3.98. The fourth-order valence-electron chi connectivity index (χ4n) is 3.82. The number of rotatable bonds is 6. The van der Waals surface area contributed by atoms with E-state index in [0.717, 1.165) is 38.8 Å². The molecule has 1 N–H and O–H groups in total. The molecule has 2 saturated heterocycles. The fourth-order valence-corrected chi connectivity index (χ4v) is 3.82. The maximum Gasteiger partial charge on any atom is 0.308 e. The van der Waals surface area contributed by atoms with E-state index < -0.39 is 5.97 Å². The second kappa shape index (κ2) is 7.46. The van der Waals surface area contributed by atoms with E-state index in [1.165, 1.54) is 25.8 Å². The molecule has 2 fully saturated rings. The first-order chi connectivity index (χ1) is 9.61. The van der Waals surface area contributed by atoms with Crippen LogP contribution in [0.15, 0.2) is 0 Å². The Kier molecular flexibility index (Phi) is 5.91. The van der Waals surface area contributed by atoms with Crippen LogP contribution in [0, 0.1) is 11.8 Å². The second-order valence-corrected chi connectivity index (χ2v) is 6.70. The van der Waals surface area contributed by atoms with E-state index in [1.807, 2.05) is 0 Å². The maximum atomic E-state index is 11.4. The summed E-state index contributed by atoms with van der Waals surface area (Å²) in [6, 6.07) is 0.628. The third-order valence-corrected chi connectivity index (χ3v) is 5.15. The first-order valence-electron chi connectivity index (χ1n) is 8.27. The van der Waals surface area contributed by atoms with E-state index in [9.17, 15) is 9.90 Å². The number of aliphatic carboxylic acids is 1. The Hall–Kier alpha value is -0.545. The van der Waals surface area contributed by atoms with Gasteiger partial charge in [0.05, 0.1) is 5.92 Å². The van der Waals surface area contributed by atoms with Crippen LogP contribution in [0.1, 0.15) is 32.1 Å². The summed E-state index contributed by atoms with van der Waals surface area (Å²) in [5.41, 5.74) is 0. The number of nitrogens with zero attached hydrogens (tertiary/aromatic N) is 2. The maximum absolute atomic E-state index is 11.4. The summed E-state index contributed by atoms with van der Waals surface area (Å²) >= 11 is 0. The molecule has 0 aromatic heterocycles. The SMILES string of the molecule is BCCC[C@H]1CN(CC2CCCCN2C)C[C@H]1C(=O)O. The van der Waals surface area contributed by atoms with Crippen LogP contribution in [0.5, 0.6) is 0 Å². The molecule has 1 unspecified atom stereocenters. The number of piperidine rings is 1. The Labute approximate surface area is 123 Å². The van der Waals surface area contributed by atoms with Gasteiger partial charge in [0, 0.05) is 25.7 Å². The van der Waals surface area contributed by atoms with Crippen LogP contribution in [-0.4, -0.2) is 68.0 Å². The quantitative estimate of drug-likeness (QED) is 0.735. The molecular weight excluding hydrogens is 251 g/mol. The molecule has 4 nitrogen and oxygen atoms in total. The number of hydrogen-bond donors (Lipinski definition) is 1. The molecule has 114 valence electrons. The average Bonchev–Trinajstić information content (AvgIpc) is 2.82. The summed E-state index contributed by atoms with van der Waals surface area (Å²) < 4.78 is 0. The van der Waals surface area contributed by atoms with Gasteiger partial charge in [-0.15, -0.1) is 0 Å². The molecule has 0 aromatic rings. The van der Waals surface area contributed by atoms with Crippen LogP contribution in [0.3, 0.4) is 0 Å². The molecule has 20 heavy (non-hydrogen) atoms. The molecule has 2 aliphatic heterocycles. The molecule has 0 aliphatic carbocycles. The van der Waals surface area contributed by atoms with Gasteiger partial charge >= 0.3 is 5.97 Å². The lowest BCUT2D eigenvalue weighted by Gasteiger charge is -2.35. The lowest BCUT2D eigenvalue weighted by molar-refractivity contribution is -0.142. The van der Waals surface area contributed by atoms with Crippen molar-refractivity contribution in [2.24, 2.45) is 11.8 Å². The topological polar surface area (TPSA) is 43.8 Å². The summed E-state index contributed by atoms with van der Waals surface area (Å²) in [5.74, 6) is -0.373. The molecule has 2 rings (SSSR count). The molecule has 0 spiro atoms. The Balaban J connectivity index is 1.88. The molecule has 2 aliphatic rings. The Morgan fingerprint density at radius 3 is 2.80 bits per heavy atom. The summed E-state index contributed by atoms with van der Waals surface area (Å²) in [6.07, 6.45) is 7.29. The number of likely N-dealkylation sites (N-methyl/N-ethyl adjacent to an activating group) is 1. The molecule has 0 amide bonds. The van der Waals surface area contributed by atoms with Gasteiger partial charge in [-0.05, 0) is 38.8 Å². The van der Waals surface area contributed by atoms with Gasteiger partial charge in [0.1, 0.15) is 7.85 Å². The number of hydrogen-bond acceptors (Lipinski definition) is 3. The van der Waals surface area contributed by atoms with Crippen LogP contribution >= 0.6 is 0 Å². The molecule has 5 heteroatoms. The van der Waals surface area contributed by atoms with Crippen LogP contribution < -0.4 is 0 Å². The van der Waals surface area contributed by atoms with Gasteiger partial charge in [-0.2, -0.15) is 0 Å². The van der Waals surface area contributed by atoms with Gasteiger partial charge in [-0.25, -0.2) is 0 Å². The molecule has 0 bridgehead atoms. The predicted molar refractivity (Wildman–Crippen MR) is 83.9 cm³/mol. The lowest BCUT2D eigenvalue weighted by Crippen LogP contribution is -2.44. The highest BCUT2D eigenvalue weighted by Crippen LogP contribution is 2.29. The van der Waals surface area contributed by atoms with Gasteiger partial charge < -0.3 is 14.9 Å². The highest BCUT2D eigenvalue weighted by atomic mass is 16.4. The summed E-state index contributed by atoms with van der Waals surface area (Å²) in [4.78, 5) is 16.3. The monoisotopic (exact) mass is 280 g/mol. The van der Waals surface area contributed by atoms with Crippen molar-refractivity contribution in [2.75, 3.05) is 33.2 Å². The third-order valence-electron chi connectivity index (χ3n) is 5.15. The van der Waals surface area contributed by atoms with Crippen LogP contribution in [0.2, 0.25) is 6.32 Å². The zero-order valence-electron chi connectivity index (χ0n) is 13.1. The van der Waals surface area contributed by atoms with Crippen molar-refractivity contribution in [3.63, 3.8) is 0 Å². The zero-order chi connectivity index (χ0) is 14.5. The van der Waals surface area contributed by atoms with Gasteiger partial charge in [0.2, 0.25) is 0 Å². The van der Waals surface area contributed by atoms with Crippen molar-refractivity contribution < 1.29 is 9.90 Å². The van der Waals surface area contributed by atoms with Crippen molar-refractivity contribution >= 4 is 13.8 Å². The first-order valence-corrected chi connectivity index (χ1v) is 8.27. The smallest absolute Gasteiger partial charge is 0.308 e. The van der Waals surface area contributed by atoms with Crippen molar-refractivity contribution in [1.82, 2.24) is 9.80 Å². The first kappa shape index (κ1) is 15.8. The highest BCUT2D eigenvalue weighted by molar-refractivity contribution is 6.08. The summed E-state index contributed by atoms with van der Waals surface area (Å²) in [7, 11) is 4.39. The molecule has 2 heterocycles. The highest BCUT2D eigenvalue weighted by Gasteiger charge is 2.38. The molecule has 0 radical (unpaired) electrons. The minimum atomic E-state index is -0.592. The predicted octanol–water partition coefficient (Wildman–Crippen LogP) is 0.935. The number of likely N-dealkylation sites (tertiary alicyclic amines) is 2. The van der Waals surface area contributed by atoms with E-state index in [1.54, 1.807) is 0 Å².